The molecule has 0 unspecified atom stereocenters. The molecule has 0 saturated heterocycles. The maximum absolute atomic E-state index is 12.8. The number of benzene rings is 1. The van der Waals surface area contributed by atoms with Crippen LogP contribution in [-0.2, 0) is 10.1 Å². The summed E-state index contributed by atoms with van der Waals surface area (Å²) >= 11 is 13.1. The van der Waals surface area contributed by atoms with Crippen LogP contribution >= 0.6 is 34.5 Å². The zero-order valence-electron chi connectivity index (χ0n) is 13.4. The Labute approximate surface area is 163 Å². The summed E-state index contributed by atoms with van der Waals surface area (Å²) < 4.78 is 43.3. The molecule has 8 nitrogen and oxygen atoms in total. The predicted molar refractivity (Wildman–Crippen MR) is 99.4 cm³/mol. The Morgan fingerprint density at radius 3 is 2.58 bits per heavy atom. The fourth-order valence-corrected chi connectivity index (χ4v) is 3.43. The first-order valence-corrected chi connectivity index (χ1v) is 10.5. The first kappa shape index (κ1) is 20.9. The highest BCUT2D eigenvalue weighted by atomic mass is 35.5. The number of anilines is 1. The molecule has 0 atom stereocenters. The molecule has 26 heavy (non-hydrogen) atoms. The van der Waals surface area contributed by atoms with E-state index in [4.69, 9.17) is 27.8 Å². The lowest BCUT2D eigenvalue weighted by molar-refractivity contribution is 0.481. The van der Waals surface area contributed by atoms with Gasteiger partial charge in [0.15, 0.2) is 0 Å². The third kappa shape index (κ3) is 6.09. The fraction of sp³-hybridized carbons (Fsp3) is 0.385. The van der Waals surface area contributed by atoms with Gasteiger partial charge in [-0.15, -0.1) is 20.4 Å². The molecular formula is C13H14Cl2FN5O3S2. The molecule has 0 bridgehead atoms. The third-order valence-electron chi connectivity index (χ3n) is 3.20. The second-order valence-corrected chi connectivity index (χ2v) is 8.30. The minimum Gasteiger partial charge on any atom is -0.371 e. The van der Waals surface area contributed by atoms with Crippen LogP contribution in [0.25, 0.3) is 0 Å². The van der Waals surface area contributed by atoms with Crippen LogP contribution in [0, 0.1) is 5.26 Å². The normalized spacial score (nSPS) is 12.0. The molecule has 2 rings (SSSR count). The van der Waals surface area contributed by atoms with E-state index in [1.165, 1.54) is 6.07 Å². The summed E-state index contributed by atoms with van der Waals surface area (Å²) in [4.78, 5) is 1.82. The van der Waals surface area contributed by atoms with E-state index in [0.717, 1.165) is 0 Å². The van der Waals surface area contributed by atoms with Gasteiger partial charge in [-0.25, -0.2) is 0 Å². The van der Waals surface area contributed by atoms with Gasteiger partial charge in [0.25, 0.3) is 20.5 Å². The Morgan fingerprint density at radius 2 is 2.00 bits per heavy atom. The summed E-state index contributed by atoms with van der Waals surface area (Å²) in [6, 6.07) is 3.07. The van der Waals surface area contributed by atoms with Gasteiger partial charge in [0.2, 0.25) is 0 Å². The number of halogens is 3. The maximum atomic E-state index is 12.8. The van der Waals surface area contributed by atoms with E-state index < -0.39 is 15.4 Å². The van der Waals surface area contributed by atoms with Gasteiger partial charge in [0.1, 0.15) is 5.69 Å². The van der Waals surface area contributed by atoms with Crippen molar-refractivity contribution < 1.29 is 17.4 Å². The molecule has 13 heteroatoms. The van der Waals surface area contributed by atoms with Crippen LogP contribution in [0.3, 0.4) is 0 Å². The molecule has 0 aliphatic rings. The van der Waals surface area contributed by atoms with Crippen molar-refractivity contribution in [1.82, 2.24) is 10.2 Å². The Bertz CT molecular complexity index is 907. The van der Waals surface area contributed by atoms with Crippen LogP contribution in [0.1, 0.15) is 13.3 Å². The first-order chi connectivity index (χ1) is 12.2. The summed E-state index contributed by atoms with van der Waals surface area (Å²) in [5, 5.41) is 14.2. The second-order valence-electron chi connectivity index (χ2n) is 5.01. The molecule has 0 fully saturated rings. The lowest BCUT2D eigenvalue weighted by atomic mass is 10.2. The summed E-state index contributed by atoms with van der Waals surface area (Å²) in [6.45, 7) is 2.78. The van der Waals surface area contributed by atoms with Crippen molar-refractivity contribution in [2.75, 3.05) is 23.7 Å². The molecule has 1 N–H and O–H groups in total. The molecule has 0 aliphatic heterocycles. The lowest BCUT2D eigenvalue weighted by Gasteiger charge is -2.24. The molecule has 2 aromatic rings. The second kappa shape index (κ2) is 9.00. The Hall–Kier alpha value is -1.40. The highest BCUT2D eigenvalue weighted by Crippen LogP contribution is 2.37. The van der Waals surface area contributed by atoms with E-state index in [1.54, 1.807) is 6.07 Å². The molecule has 1 aromatic heterocycles. The van der Waals surface area contributed by atoms with Crippen LogP contribution in [-0.4, -0.2) is 42.0 Å². The number of hydrogen-bond acceptors (Lipinski definition) is 8. The summed E-state index contributed by atoms with van der Waals surface area (Å²) in [5.74, 6) is -0.348. The van der Waals surface area contributed by atoms with Crippen LogP contribution in [0.5, 0.6) is 0 Å². The van der Waals surface area contributed by atoms with Crippen molar-refractivity contribution in [2.45, 2.75) is 13.3 Å². The number of rotatable bonds is 8. The minimum absolute atomic E-state index is 0.0409. The Balaban J connectivity index is 2.17. The molecular weight excluding hydrogens is 428 g/mol. The fourth-order valence-electron chi connectivity index (χ4n) is 2.07. The number of hydrogen-bond donors (Lipinski definition) is 1. The van der Waals surface area contributed by atoms with E-state index >= 15 is 0 Å². The molecule has 0 spiro atoms. The molecule has 1 aromatic carbocycles. The van der Waals surface area contributed by atoms with Gasteiger partial charge in [0.05, 0.1) is 21.5 Å². The standard InChI is InChI=1S/C13H14Cl2FN5O3S2/c1-2-21(4-3-5-26(22,23)24)11-7-8(14)10(6-9(11)15)17-19-13-20-18-12(16)25-13/h6-7H,2-5H2,1H3,(H,22,23,24). The Morgan fingerprint density at radius 1 is 1.27 bits per heavy atom. The van der Waals surface area contributed by atoms with Crippen molar-refractivity contribution in [3.63, 3.8) is 0 Å². The van der Waals surface area contributed by atoms with Crippen molar-refractivity contribution in [2.24, 2.45) is 10.2 Å². The van der Waals surface area contributed by atoms with E-state index in [2.05, 4.69) is 20.4 Å². The van der Waals surface area contributed by atoms with E-state index in [1.807, 2.05) is 11.8 Å². The average Bonchev–Trinajstić information content (AvgIpc) is 2.97. The molecule has 1 heterocycles. The van der Waals surface area contributed by atoms with Gasteiger partial charge >= 0.3 is 0 Å². The van der Waals surface area contributed by atoms with Gasteiger partial charge in [-0.05, 0) is 36.8 Å². The number of nitrogens with zero attached hydrogens (tertiary/aromatic N) is 5. The van der Waals surface area contributed by atoms with Gasteiger partial charge in [-0.2, -0.15) is 12.8 Å². The van der Waals surface area contributed by atoms with Gasteiger partial charge in [0, 0.05) is 13.1 Å². The molecule has 0 radical (unpaired) electrons. The highest BCUT2D eigenvalue weighted by molar-refractivity contribution is 7.85. The molecule has 0 saturated carbocycles. The van der Waals surface area contributed by atoms with Gasteiger partial charge in [-0.3, -0.25) is 4.55 Å². The van der Waals surface area contributed by atoms with Crippen LogP contribution in [0.2, 0.25) is 10.0 Å². The minimum atomic E-state index is -4.02. The average molecular weight is 442 g/mol. The van der Waals surface area contributed by atoms with E-state index in [-0.39, 0.29) is 28.0 Å². The summed E-state index contributed by atoms with van der Waals surface area (Å²) in [7, 11) is -4.02. The van der Waals surface area contributed by atoms with Gasteiger partial charge < -0.3 is 4.90 Å². The van der Waals surface area contributed by atoms with Crippen molar-refractivity contribution >= 4 is 61.2 Å². The zero-order valence-corrected chi connectivity index (χ0v) is 16.6. The first-order valence-electron chi connectivity index (χ1n) is 7.29. The molecule has 142 valence electrons. The number of azo groups is 1. The van der Waals surface area contributed by atoms with Crippen molar-refractivity contribution in [3.05, 3.63) is 27.4 Å². The summed E-state index contributed by atoms with van der Waals surface area (Å²) in [5.41, 5.74) is 0.862. The largest absolute Gasteiger partial charge is 0.371 e. The predicted octanol–water partition coefficient (Wildman–Crippen LogP) is 4.50. The number of aromatic nitrogens is 2. The van der Waals surface area contributed by atoms with Crippen molar-refractivity contribution in [3.8, 4) is 0 Å². The van der Waals surface area contributed by atoms with Gasteiger partial charge in [-0.1, -0.05) is 23.2 Å². The Kier molecular flexibility index (Phi) is 7.24. The van der Waals surface area contributed by atoms with Crippen molar-refractivity contribution in [1.29, 1.82) is 0 Å². The molecule has 0 amide bonds. The molecule has 0 aliphatic carbocycles. The SMILES string of the molecule is CCN(CCCS(=O)(=O)O)c1cc(Cl)c(N=Nc2nnc(F)s2)cc1Cl. The maximum Gasteiger partial charge on any atom is 0.291 e. The van der Waals surface area contributed by atoms with E-state index in [9.17, 15) is 12.8 Å². The van der Waals surface area contributed by atoms with Crippen LogP contribution in [0.4, 0.5) is 20.9 Å². The zero-order chi connectivity index (χ0) is 19.3. The monoisotopic (exact) mass is 441 g/mol. The lowest BCUT2D eigenvalue weighted by Crippen LogP contribution is -2.25. The van der Waals surface area contributed by atoms with E-state index in [0.29, 0.717) is 35.1 Å². The third-order valence-corrected chi connectivity index (χ3v) is 5.21. The smallest absolute Gasteiger partial charge is 0.291 e. The highest BCUT2D eigenvalue weighted by Gasteiger charge is 2.14. The quantitative estimate of drug-likeness (QED) is 0.476. The topological polar surface area (TPSA) is 108 Å². The van der Waals surface area contributed by atoms with Crippen LogP contribution in [0.15, 0.2) is 22.4 Å². The van der Waals surface area contributed by atoms with Crippen LogP contribution < -0.4 is 4.90 Å². The summed E-state index contributed by atoms with van der Waals surface area (Å²) in [6.07, 6.45) is 0.227.